The third kappa shape index (κ3) is 6.51. The van der Waals surface area contributed by atoms with Gasteiger partial charge in [0, 0.05) is 13.1 Å². The van der Waals surface area contributed by atoms with Gasteiger partial charge in [-0.25, -0.2) is 9.37 Å². The predicted octanol–water partition coefficient (Wildman–Crippen LogP) is 3.92. The lowest BCUT2D eigenvalue weighted by Gasteiger charge is -2.22. The number of rotatable bonds is 10. The zero-order chi connectivity index (χ0) is 22.2. The van der Waals surface area contributed by atoms with Gasteiger partial charge in [-0.2, -0.15) is 0 Å². The van der Waals surface area contributed by atoms with E-state index in [-0.39, 0.29) is 0 Å². The van der Waals surface area contributed by atoms with Gasteiger partial charge in [0.15, 0.2) is 11.2 Å². The standard InChI is InChI=1S/C22H22Cl2FN3O3/c23-21(24)22(30)28-19(9-25)20(29)17-7-5-16(6-8-17)15-3-1-14(2-4-15)10-26-11-18-12-31-13-27-18/h1-8,12-13,19-21,26,29H,9-11H2,(H,28,30). The molecule has 0 aliphatic carbocycles. The molecule has 0 saturated carbocycles. The van der Waals surface area contributed by atoms with E-state index in [1.54, 1.807) is 18.4 Å². The Morgan fingerprint density at radius 3 is 2.26 bits per heavy atom. The Morgan fingerprint density at radius 1 is 1.06 bits per heavy atom. The molecule has 2 aromatic carbocycles. The van der Waals surface area contributed by atoms with Crippen LogP contribution < -0.4 is 10.6 Å². The quantitative estimate of drug-likeness (QED) is 0.395. The van der Waals surface area contributed by atoms with Crippen molar-refractivity contribution in [3.63, 3.8) is 0 Å². The van der Waals surface area contributed by atoms with Crippen LogP contribution in [0, 0.1) is 0 Å². The maximum Gasteiger partial charge on any atom is 0.253 e. The van der Waals surface area contributed by atoms with E-state index in [0.717, 1.165) is 22.4 Å². The van der Waals surface area contributed by atoms with Gasteiger partial charge in [0.25, 0.3) is 5.91 Å². The highest BCUT2D eigenvalue weighted by Gasteiger charge is 2.25. The van der Waals surface area contributed by atoms with E-state index >= 15 is 0 Å². The molecular weight excluding hydrogens is 444 g/mol. The molecule has 0 fully saturated rings. The van der Waals surface area contributed by atoms with Gasteiger partial charge >= 0.3 is 0 Å². The number of nitrogens with zero attached hydrogens (tertiary/aromatic N) is 1. The van der Waals surface area contributed by atoms with E-state index in [4.69, 9.17) is 27.6 Å². The smallest absolute Gasteiger partial charge is 0.253 e. The van der Waals surface area contributed by atoms with E-state index in [9.17, 15) is 14.3 Å². The summed E-state index contributed by atoms with van der Waals surface area (Å²) in [5.74, 6) is -0.753. The molecular formula is C22H22Cl2FN3O3. The number of amides is 1. The number of halogens is 3. The molecule has 0 saturated heterocycles. The lowest BCUT2D eigenvalue weighted by molar-refractivity contribution is -0.121. The summed E-state index contributed by atoms with van der Waals surface area (Å²) in [5, 5.41) is 16.0. The van der Waals surface area contributed by atoms with Crippen LogP contribution in [0.5, 0.6) is 0 Å². The second-order valence-corrected chi connectivity index (χ2v) is 8.01. The lowest BCUT2D eigenvalue weighted by Crippen LogP contribution is -2.43. The predicted molar refractivity (Wildman–Crippen MR) is 117 cm³/mol. The summed E-state index contributed by atoms with van der Waals surface area (Å²) in [6.07, 6.45) is 1.78. The largest absolute Gasteiger partial charge is 0.451 e. The molecule has 164 valence electrons. The van der Waals surface area contributed by atoms with Gasteiger partial charge in [-0.05, 0) is 22.3 Å². The van der Waals surface area contributed by atoms with E-state index < -0.39 is 29.6 Å². The van der Waals surface area contributed by atoms with Gasteiger partial charge < -0.3 is 20.2 Å². The van der Waals surface area contributed by atoms with Crippen molar-refractivity contribution in [2.45, 2.75) is 30.1 Å². The topological polar surface area (TPSA) is 87.4 Å². The molecule has 0 aliphatic rings. The number of nitrogens with one attached hydrogen (secondary N) is 2. The summed E-state index contributed by atoms with van der Waals surface area (Å²) in [6.45, 7) is 0.361. The molecule has 31 heavy (non-hydrogen) atoms. The maximum absolute atomic E-state index is 13.3. The van der Waals surface area contributed by atoms with Gasteiger partial charge in [0.1, 0.15) is 19.0 Å². The molecule has 0 spiro atoms. The van der Waals surface area contributed by atoms with Crippen molar-refractivity contribution in [2.24, 2.45) is 0 Å². The van der Waals surface area contributed by atoms with Gasteiger partial charge in [0.2, 0.25) is 0 Å². The van der Waals surface area contributed by atoms with E-state index in [1.807, 2.05) is 36.4 Å². The summed E-state index contributed by atoms with van der Waals surface area (Å²) in [5.41, 5.74) is 4.39. The Morgan fingerprint density at radius 2 is 1.71 bits per heavy atom. The van der Waals surface area contributed by atoms with Crippen LogP contribution in [-0.2, 0) is 17.9 Å². The number of carbonyl (C=O) groups is 1. The van der Waals surface area contributed by atoms with Crippen molar-refractivity contribution in [1.29, 1.82) is 0 Å². The summed E-state index contributed by atoms with van der Waals surface area (Å²) < 4.78 is 18.2. The van der Waals surface area contributed by atoms with Crippen LogP contribution in [0.3, 0.4) is 0 Å². The van der Waals surface area contributed by atoms with Crippen LogP contribution in [0.15, 0.2) is 65.6 Å². The number of hydrogen-bond donors (Lipinski definition) is 3. The summed E-state index contributed by atoms with van der Waals surface area (Å²) in [4.78, 5) is 14.3. The van der Waals surface area contributed by atoms with Crippen LogP contribution in [-0.4, -0.2) is 33.6 Å². The SMILES string of the molecule is O=C(NC(CF)C(O)c1ccc(-c2ccc(CNCc3cocn3)cc2)cc1)C(Cl)Cl. The fraction of sp³-hybridized carbons (Fsp3) is 0.273. The first-order valence-corrected chi connectivity index (χ1v) is 10.4. The molecule has 6 nitrogen and oxygen atoms in total. The van der Waals surface area contributed by atoms with Crippen LogP contribution in [0.2, 0.25) is 0 Å². The Hall–Kier alpha value is -2.45. The number of aromatic nitrogens is 1. The number of hydrogen-bond acceptors (Lipinski definition) is 5. The minimum absolute atomic E-state index is 0.473. The normalized spacial score (nSPS) is 13.2. The average molecular weight is 466 g/mol. The van der Waals surface area contributed by atoms with Crippen molar-refractivity contribution >= 4 is 29.1 Å². The zero-order valence-electron chi connectivity index (χ0n) is 16.5. The van der Waals surface area contributed by atoms with Gasteiger partial charge in [-0.3, -0.25) is 4.79 Å². The van der Waals surface area contributed by atoms with Crippen LogP contribution in [0.1, 0.15) is 22.9 Å². The molecule has 1 aromatic heterocycles. The Labute approximate surface area is 189 Å². The third-order valence-electron chi connectivity index (χ3n) is 4.73. The zero-order valence-corrected chi connectivity index (χ0v) is 18.0. The van der Waals surface area contributed by atoms with Crippen LogP contribution in [0.4, 0.5) is 4.39 Å². The van der Waals surface area contributed by atoms with Gasteiger partial charge in [-0.15, -0.1) is 0 Å². The highest BCUT2D eigenvalue weighted by Crippen LogP contribution is 2.24. The molecule has 2 atom stereocenters. The van der Waals surface area contributed by atoms with Gasteiger partial charge in [-0.1, -0.05) is 71.7 Å². The molecule has 3 rings (SSSR count). The van der Waals surface area contributed by atoms with Crippen molar-refractivity contribution in [1.82, 2.24) is 15.6 Å². The molecule has 9 heteroatoms. The molecule has 2 unspecified atom stereocenters. The fourth-order valence-electron chi connectivity index (χ4n) is 3.03. The first-order valence-electron chi connectivity index (χ1n) is 9.57. The van der Waals surface area contributed by atoms with E-state index in [2.05, 4.69) is 15.6 Å². The minimum Gasteiger partial charge on any atom is -0.451 e. The molecule has 1 heterocycles. The van der Waals surface area contributed by atoms with Crippen molar-refractivity contribution in [3.05, 3.63) is 78.0 Å². The molecule has 3 N–H and O–H groups in total. The average Bonchev–Trinajstić information content (AvgIpc) is 3.31. The first kappa shape index (κ1) is 23.2. The summed E-state index contributed by atoms with van der Waals surface area (Å²) >= 11 is 10.9. The monoisotopic (exact) mass is 465 g/mol. The fourth-order valence-corrected chi connectivity index (χ4v) is 3.15. The van der Waals surface area contributed by atoms with Crippen LogP contribution in [0.25, 0.3) is 11.1 Å². The maximum atomic E-state index is 13.3. The number of alkyl halides is 3. The number of aliphatic hydroxyl groups excluding tert-OH is 1. The molecule has 3 aromatic rings. The van der Waals surface area contributed by atoms with E-state index in [1.165, 1.54) is 6.39 Å². The highest BCUT2D eigenvalue weighted by molar-refractivity contribution is 6.53. The second kappa shape index (κ2) is 11.2. The third-order valence-corrected chi connectivity index (χ3v) is 5.13. The Bertz CT molecular complexity index is 951. The van der Waals surface area contributed by atoms with Crippen molar-refractivity contribution < 1.29 is 18.7 Å². The number of benzene rings is 2. The second-order valence-electron chi connectivity index (χ2n) is 6.92. The highest BCUT2D eigenvalue weighted by atomic mass is 35.5. The molecule has 1 amide bonds. The van der Waals surface area contributed by atoms with Crippen molar-refractivity contribution in [3.8, 4) is 11.1 Å². The van der Waals surface area contributed by atoms with Gasteiger partial charge in [0.05, 0.1) is 11.7 Å². The lowest BCUT2D eigenvalue weighted by atomic mass is 9.98. The van der Waals surface area contributed by atoms with E-state index in [0.29, 0.717) is 18.7 Å². The molecule has 0 radical (unpaired) electrons. The van der Waals surface area contributed by atoms with Crippen molar-refractivity contribution in [2.75, 3.05) is 6.67 Å². The Kier molecular flexibility index (Phi) is 8.43. The minimum atomic E-state index is -1.33. The Balaban J connectivity index is 1.59. The van der Waals surface area contributed by atoms with Crippen LogP contribution >= 0.6 is 23.2 Å². The molecule has 0 bridgehead atoms. The summed E-state index contributed by atoms with van der Waals surface area (Å²) in [6, 6.07) is 14.0. The number of carbonyl (C=O) groups excluding carboxylic acids is 1. The first-order chi connectivity index (χ1) is 15.0. The number of oxazole rings is 1. The molecule has 0 aliphatic heterocycles. The summed E-state index contributed by atoms with van der Waals surface area (Å²) in [7, 11) is 0. The number of aliphatic hydroxyl groups is 1.